The van der Waals surface area contributed by atoms with E-state index in [1.807, 2.05) is 0 Å². The molecule has 0 saturated carbocycles. The van der Waals surface area contributed by atoms with E-state index < -0.39 is 42.0 Å². The molecule has 2 N–H and O–H groups in total. The third kappa shape index (κ3) is 3.40. The summed E-state index contributed by atoms with van der Waals surface area (Å²) in [5.74, 6) is -3.65. The fourth-order valence-electron chi connectivity index (χ4n) is 2.68. The Bertz CT molecular complexity index is 916. The van der Waals surface area contributed by atoms with Crippen LogP contribution in [0.3, 0.4) is 0 Å². The fraction of sp³-hybridized carbons (Fsp3) is 0.167. The predicted molar refractivity (Wildman–Crippen MR) is 88.2 cm³/mol. The number of nitrogens with zero attached hydrogens (tertiary/aromatic N) is 1. The average molecular weight is 395 g/mol. The minimum absolute atomic E-state index is 0.311. The van der Waals surface area contributed by atoms with Crippen LogP contribution < -0.4 is 10.6 Å². The second kappa shape index (κ2) is 6.95. The quantitative estimate of drug-likeness (QED) is 0.617. The lowest BCUT2D eigenvalue weighted by Gasteiger charge is -2.29. The highest BCUT2D eigenvalue weighted by Crippen LogP contribution is 2.34. The average Bonchev–Trinajstić information content (AvgIpc) is 2.88. The Hall–Kier alpha value is -3.43. The van der Waals surface area contributed by atoms with Crippen LogP contribution in [-0.2, 0) is 11.3 Å². The van der Waals surface area contributed by atoms with Gasteiger partial charge in [-0.15, -0.1) is 0 Å². The number of rotatable bonds is 4. The maximum atomic E-state index is 13.8. The van der Waals surface area contributed by atoms with Crippen LogP contribution >= 0.6 is 0 Å². The van der Waals surface area contributed by atoms with Crippen LogP contribution in [0.15, 0.2) is 54.6 Å². The van der Waals surface area contributed by atoms with Crippen molar-refractivity contribution in [2.45, 2.75) is 18.4 Å². The van der Waals surface area contributed by atoms with Gasteiger partial charge in [0, 0.05) is 5.56 Å². The van der Waals surface area contributed by atoms with Gasteiger partial charge in [0.2, 0.25) is 0 Å². The van der Waals surface area contributed by atoms with Crippen LogP contribution in [0.4, 0.5) is 22.4 Å². The molecule has 28 heavy (non-hydrogen) atoms. The molecular formula is C18H13F4N3O3. The Morgan fingerprint density at radius 2 is 1.64 bits per heavy atom. The third-order valence-corrected chi connectivity index (χ3v) is 4.12. The minimum Gasteiger partial charge on any atom is -0.314 e. The van der Waals surface area contributed by atoms with Gasteiger partial charge in [0.25, 0.3) is 17.5 Å². The minimum atomic E-state index is -5.32. The number of halogens is 4. The zero-order chi connectivity index (χ0) is 20.5. The summed E-state index contributed by atoms with van der Waals surface area (Å²) in [6.45, 7) is -0.407. The summed E-state index contributed by atoms with van der Waals surface area (Å²) in [7, 11) is 0. The molecule has 10 heteroatoms. The van der Waals surface area contributed by atoms with Gasteiger partial charge in [-0.1, -0.05) is 30.3 Å². The van der Waals surface area contributed by atoms with Gasteiger partial charge in [-0.25, -0.2) is 9.18 Å². The highest BCUT2D eigenvalue weighted by atomic mass is 19.4. The number of alkyl halides is 3. The van der Waals surface area contributed by atoms with Gasteiger partial charge in [0.15, 0.2) is 0 Å². The molecule has 1 aliphatic rings. The molecule has 2 aromatic rings. The second-order valence-electron chi connectivity index (χ2n) is 6.02. The first-order valence-corrected chi connectivity index (χ1v) is 7.97. The van der Waals surface area contributed by atoms with Crippen molar-refractivity contribution in [3.8, 4) is 0 Å². The number of benzene rings is 2. The zero-order valence-corrected chi connectivity index (χ0v) is 14.1. The number of carbonyl (C=O) groups excluding carboxylic acids is 3. The number of urea groups is 1. The molecule has 0 spiro atoms. The van der Waals surface area contributed by atoms with Crippen molar-refractivity contribution < 1.29 is 31.9 Å². The van der Waals surface area contributed by atoms with Gasteiger partial charge in [-0.3, -0.25) is 19.8 Å². The van der Waals surface area contributed by atoms with Crippen LogP contribution in [-0.4, -0.2) is 34.6 Å². The van der Waals surface area contributed by atoms with E-state index in [1.165, 1.54) is 12.1 Å². The normalized spacial score (nSPS) is 19.5. The lowest BCUT2D eigenvalue weighted by Crippen LogP contribution is -2.69. The van der Waals surface area contributed by atoms with E-state index in [-0.39, 0.29) is 5.56 Å². The van der Waals surface area contributed by atoms with Crippen molar-refractivity contribution in [2.75, 3.05) is 0 Å². The Labute approximate surface area is 156 Å². The Morgan fingerprint density at radius 3 is 2.21 bits per heavy atom. The van der Waals surface area contributed by atoms with Crippen molar-refractivity contribution in [1.82, 2.24) is 15.5 Å². The molecule has 2 aromatic carbocycles. The molecule has 1 fully saturated rings. The zero-order valence-electron chi connectivity index (χ0n) is 14.1. The molecule has 4 amide bonds. The summed E-state index contributed by atoms with van der Waals surface area (Å²) in [6.07, 6.45) is -5.32. The first-order valence-electron chi connectivity index (χ1n) is 7.97. The molecule has 0 aliphatic carbocycles. The number of amides is 4. The van der Waals surface area contributed by atoms with Crippen LogP contribution in [0, 0.1) is 5.82 Å². The molecule has 6 nitrogen and oxygen atoms in total. The lowest BCUT2D eigenvalue weighted by molar-refractivity contribution is -0.200. The van der Waals surface area contributed by atoms with E-state index >= 15 is 0 Å². The molecule has 0 bridgehead atoms. The summed E-state index contributed by atoms with van der Waals surface area (Å²) >= 11 is 0. The summed E-state index contributed by atoms with van der Waals surface area (Å²) in [5, 5.41) is 3.10. The van der Waals surface area contributed by atoms with Gasteiger partial charge < -0.3 is 5.32 Å². The second-order valence-corrected chi connectivity index (χ2v) is 6.02. The maximum absolute atomic E-state index is 13.8. The molecule has 0 aromatic heterocycles. The molecule has 0 unspecified atom stereocenters. The third-order valence-electron chi connectivity index (χ3n) is 4.12. The van der Waals surface area contributed by atoms with Crippen LogP contribution in [0.5, 0.6) is 0 Å². The first-order chi connectivity index (χ1) is 13.1. The lowest BCUT2D eigenvalue weighted by atomic mass is 10.1. The molecule has 1 heterocycles. The largest absolute Gasteiger partial charge is 0.440 e. The first kappa shape index (κ1) is 19.3. The molecule has 146 valence electrons. The summed E-state index contributed by atoms with van der Waals surface area (Å²) in [6, 6.07) is 10.3. The van der Waals surface area contributed by atoms with Crippen LogP contribution in [0.1, 0.15) is 15.9 Å². The van der Waals surface area contributed by atoms with E-state index in [9.17, 15) is 31.9 Å². The molecule has 1 aliphatic heterocycles. The molecular weight excluding hydrogens is 382 g/mol. The Kier molecular flexibility index (Phi) is 4.80. The standard InChI is InChI=1S/C18H13F4N3O3/c19-13-8-6-12(7-9-13)14(26)23-17(18(20,21)22)15(27)25(16(28)24-17)10-11-4-2-1-3-5-11/h1-9H,10H2,(H,23,26)(H,24,28)/t17-/m1/s1. The number of hydrogen-bond donors (Lipinski definition) is 2. The van der Waals surface area contributed by atoms with Gasteiger partial charge >= 0.3 is 12.2 Å². The van der Waals surface area contributed by atoms with Crippen molar-refractivity contribution in [3.63, 3.8) is 0 Å². The molecule has 0 radical (unpaired) electrons. The van der Waals surface area contributed by atoms with Crippen molar-refractivity contribution >= 4 is 17.8 Å². The van der Waals surface area contributed by atoms with E-state index in [0.717, 1.165) is 24.3 Å². The Morgan fingerprint density at radius 1 is 1.04 bits per heavy atom. The maximum Gasteiger partial charge on any atom is 0.440 e. The summed E-state index contributed by atoms with van der Waals surface area (Å²) < 4.78 is 54.2. The monoisotopic (exact) mass is 395 g/mol. The molecule has 1 atom stereocenters. The van der Waals surface area contributed by atoms with Crippen molar-refractivity contribution in [1.29, 1.82) is 0 Å². The van der Waals surface area contributed by atoms with E-state index in [4.69, 9.17) is 0 Å². The van der Waals surface area contributed by atoms with Gasteiger partial charge in [0.1, 0.15) is 5.82 Å². The van der Waals surface area contributed by atoms with Gasteiger partial charge in [-0.2, -0.15) is 13.2 Å². The van der Waals surface area contributed by atoms with E-state index in [2.05, 4.69) is 0 Å². The van der Waals surface area contributed by atoms with Crippen LogP contribution in [0.2, 0.25) is 0 Å². The molecule has 1 saturated heterocycles. The predicted octanol–water partition coefficient (Wildman–Crippen LogP) is 2.57. The fourth-order valence-corrected chi connectivity index (χ4v) is 2.68. The van der Waals surface area contributed by atoms with Crippen molar-refractivity contribution in [3.05, 3.63) is 71.5 Å². The van der Waals surface area contributed by atoms with Crippen LogP contribution in [0.25, 0.3) is 0 Å². The smallest absolute Gasteiger partial charge is 0.314 e. The summed E-state index contributed by atoms with van der Waals surface area (Å²) in [5.41, 5.74) is -3.51. The number of nitrogens with one attached hydrogen (secondary N) is 2. The highest BCUT2D eigenvalue weighted by molar-refractivity contribution is 6.10. The van der Waals surface area contributed by atoms with Crippen molar-refractivity contribution in [2.24, 2.45) is 0 Å². The summed E-state index contributed by atoms with van der Waals surface area (Å²) in [4.78, 5) is 37.3. The van der Waals surface area contributed by atoms with Gasteiger partial charge in [-0.05, 0) is 29.8 Å². The Balaban J connectivity index is 1.91. The molecule has 3 rings (SSSR count). The SMILES string of the molecule is O=C(N[C@@]1(C(F)(F)F)NC(=O)N(Cc2ccccc2)C1=O)c1ccc(F)cc1. The number of carbonyl (C=O) groups is 3. The number of hydrogen-bond acceptors (Lipinski definition) is 3. The van der Waals surface area contributed by atoms with E-state index in [0.29, 0.717) is 10.5 Å². The topological polar surface area (TPSA) is 78.5 Å². The number of imide groups is 1. The highest BCUT2D eigenvalue weighted by Gasteiger charge is 2.68. The van der Waals surface area contributed by atoms with Gasteiger partial charge in [0.05, 0.1) is 6.54 Å². The van der Waals surface area contributed by atoms with E-state index in [1.54, 1.807) is 28.8 Å².